The molecule has 15 heavy (non-hydrogen) atoms. The van der Waals surface area contributed by atoms with E-state index in [4.69, 9.17) is 14.1 Å². The molecule has 80 valence electrons. The monoisotopic (exact) mass is 227 g/mol. The Morgan fingerprint density at radius 1 is 1.47 bits per heavy atom. The highest BCUT2D eigenvalue weighted by atomic mass is 32.2. The van der Waals surface area contributed by atoms with Gasteiger partial charge in [-0.15, -0.1) is 0 Å². The van der Waals surface area contributed by atoms with Crippen molar-refractivity contribution >= 4 is 22.2 Å². The van der Waals surface area contributed by atoms with Gasteiger partial charge in [0.25, 0.3) is 0 Å². The van der Waals surface area contributed by atoms with Crippen molar-refractivity contribution in [1.29, 1.82) is 0 Å². The summed E-state index contributed by atoms with van der Waals surface area (Å²) in [6, 6.07) is 5.05. The van der Waals surface area contributed by atoms with Gasteiger partial charge in [0.05, 0.1) is 5.75 Å². The van der Waals surface area contributed by atoms with Crippen molar-refractivity contribution in [2.45, 2.75) is 12.4 Å². The maximum absolute atomic E-state index is 10.6. The first kappa shape index (κ1) is 10.3. The van der Waals surface area contributed by atoms with E-state index in [1.165, 1.54) is 0 Å². The Labute approximate surface area is 88.0 Å². The molecule has 0 aliphatic rings. The zero-order valence-electron chi connectivity index (χ0n) is 7.71. The molecule has 0 amide bonds. The van der Waals surface area contributed by atoms with Crippen LogP contribution in [0.3, 0.4) is 0 Å². The first-order valence-electron chi connectivity index (χ1n) is 4.25. The smallest absolute Gasteiger partial charge is 0.221 e. The molecule has 1 aromatic carbocycles. The van der Waals surface area contributed by atoms with Gasteiger partial charge in [0.2, 0.25) is 5.89 Å². The van der Waals surface area contributed by atoms with E-state index in [2.05, 4.69) is 4.98 Å². The molecule has 1 heterocycles. The molecule has 0 saturated heterocycles. The molecule has 1 aromatic heterocycles. The lowest BCUT2D eigenvalue weighted by Gasteiger charge is -1.95. The molecule has 1 unspecified atom stereocenters. The number of aliphatic hydroxyl groups excluding tert-OH is 1. The predicted molar refractivity (Wildman–Crippen MR) is 54.4 cm³/mol. The van der Waals surface area contributed by atoms with Crippen molar-refractivity contribution in [3.05, 3.63) is 29.7 Å². The first-order chi connectivity index (χ1) is 7.19. The number of hydrogen-bond donors (Lipinski definition) is 2. The molecule has 0 bridgehead atoms. The summed E-state index contributed by atoms with van der Waals surface area (Å²) in [5.41, 5.74) is 1.84. The second-order valence-electron chi connectivity index (χ2n) is 3.03. The number of hydrogen-bond acceptors (Lipinski definition) is 4. The second-order valence-corrected chi connectivity index (χ2v) is 3.97. The van der Waals surface area contributed by atoms with Crippen LogP contribution in [0.2, 0.25) is 0 Å². The third kappa shape index (κ3) is 2.23. The summed E-state index contributed by atoms with van der Waals surface area (Å²) in [4.78, 5) is 4.00. The Balaban J connectivity index is 2.41. The summed E-state index contributed by atoms with van der Waals surface area (Å²) >= 11 is -1.87. The van der Waals surface area contributed by atoms with Gasteiger partial charge in [-0.05, 0) is 17.7 Å². The Morgan fingerprint density at radius 3 is 2.93 bits per heavy atom. The van der Waals surface area contributed by atoms with Crippen LogP contribution < -0.4 is 0 Å². The van der Waals surface area contributed by atoms with Crippen molar-refractivity contribution in [2.24, 2.45) is 0 Å². The number of oxazole rings is 1. The molecule has 1 atom stereocenters. The lowest BCUT2D eigenvalue weighted by atomic mass is 10.2. The molecule has 5 nitrogen and oxygen atoms in total. The lowest BCUT2D eigenvalue weighted by molar-refractivity contribution is 0.244. The summed E-state index contributed by atoms with van der Waals surface area (Å²) in [6.45, 7) is -0.254. The maximum Gasteiger partial charge on any atom is 0.221 e. The second kappa shape index (κ2) is 4.09. The predicted octanol–water partition coefficient (Wildman–Crippen LogP) is 1.04. The van der Waals surface area contributed by atoms with Crippen molar-refractivity contribution in [1.82, 2.24) is 4.98 Å². The Hall–Kier alpha value is -1.24. The molecule has 2 aromatic rings. The van der Waals surface area contributed by atoms with Gasteiger partial charge in [0.15, 0.2) is 16.7 Å². The quantitative estimate of drug-likeness (QED) is 0.765. The third-order valence-corrected chi connectivity index (χ3v) is 2.50. The van der Waals surface area contributed by atoms with E-state index >= 15 is 0 Å². The van der Waals surface area contributed by atoms with Crippen LogP contribution in [0.1, 0.15) is 11.5 Å². The standard InChI is InChI=1S/C9H9NO4S/c11-4-9-10-7-2-1-6(5-15(12)13)3-8(7)14-9/h1-3,11H,4-5H2,(H,12,13). The van der Waals surface area contributed by atoms with E-state index in [1.807, 2.05) is 0 Å². The summed E-state index contributed by atoms with van der Waals surface area (Å²) in [5, 5.41) is 8.81. The summed E-state index contributed by atoms with van der Waals surface area (Å²) in [6.07, 6.45) is 0. The number of aromatic nitrogens is 1. The Morgan fingerprint density at radius 2 is 2.27 bits per heavy atom. The number of benzene rings is 1. The Bertz CT molecular complexity index is 508. The van der Waals surface area contributed by atoms with Crippen LogP contribution in [-0.2, 0) is 23.4 Å². The Kier molecular flexibility index (Phi) is 2.81. The van der Waals surface area contributed by atoms with Crippen LogP contribution in [0.15, 0.2) is 22.6 Å². The number of rotatable bonds is 3. The molecule has 0 radical (unpaired) electrons. The van der Waals surface area contributed by atoms with Gasteiger partial charge in [-0.3, -0.25) is 0 Å². The minimum absolute atomic E-state index is 0.0606. The molecule has 0 aliphatic heterocycles. The largest absolute Gasteiger partial charge is 0.438 e. The van der Waals surface area contributed by atoms with E-state index in [-0.39, 0.29) is 18.3 Å². The average molecular weight is 227 g/mol. The van der Waals surface area contributed by atoms with Gasteiger partial charge in [-0.2, -0.15) is 0 Å². The molecule has 0 spiro atoms. The topological polar surface area (TPSA) is 83.6 Å². The molecule has 6 heteroatoms. The van der Waals surface area contributed by atoms with Crippen LogP contribution in [0, 0.1) is 0 Å². The molecular formula is C9H9NO4S. The van der Waals surface area contributed by atoms with Gasteiger partial charge in [0.1, 0.15) is 12.1 Å². The third-order valence-electron chi connectivity index (χ3n) is 1.92. The molecule has 0 aliphatic carbocycles. The fraction of sp³-hybridized carbons (Fsp3) is 0.222. The van der Waals surface area contributed by atoms with Gasteiger partial charge in [-0.25, -0.2) is 9.19 Å². The highest BCUT2D eigenvalue weighted by Gasteiger charge is 2.06. The average Bonchev–Trinajstić information content (AvgIpc) is 2.58. The molecular weight excluding hydrogens is 218 g/mol. The van der Waals surface area contributed by atoms with E-state index in [1.54, 1.807) is 18.2 Å². The zero-order valence-corrected chi connectivity index (χ0v) is 8.53. The fourth-order valence-corrected chi connectivity index (χ4v) is 1.78. The van der Waals surface area contributed by atoms with E-state index in [9.17, 15) is 4.21 Å². The van der Waals surface area contributed by atoms with Gasteiger partial charge in [0, 0.05) is 0 Å². The van der Waals surface area contributed by atoms with Crippen LogP contribution in [-0.4, -0.2) is 18.9 Å². The van der Waals surface area contributed by atoms with E-state index in [0.29, 0.717) is 16.7 Å². The molecule has 0 saturated carbocycles. The minimum atomic E-state index is -1.87. The van der Waals surface area contributed by atoms with Crippen molar-refractivity contribution in [3.63, 3.8) is 0 Å². The summed E-state index contributed by atoms with van der Waals surface area (Å²) < 4.78 is 24.5. The van der Waals surface area contributed by atoms with Crippen molar-refractivity contribution < 1.29 is 18.3 Å². The SMILES string of the molecule is O=S(O)Cc1ccc2nc(CO)oc2c1. The highest BCUT2D eigenvalue weighted by Crippen LogP contribution is 2.18. The number of aliphatic hydroxyl groups is 1. The van der Waals surface area contributed by atoms with Crippen molar-refractivity contribution in [3.8, 4) is 0 Å². The molecule has 0 fully saturated rings. The molecule has 2 rings (SSSR count). The fourth-order valence-electron chi connectivity index (χ4n) is 1.32. The molecule has 2 N–H and O–H groups in total. The maximum atomic E-state index is 10.6. The van der Waals surface area contributed by atoms with Crippen LogP contribution >= 0.6 is 0 Å². The summed E-state index contributed by atoms with van der Waals surface area (Å²) in [7, 11) is 0. The van der Waals surface area contributed by atoms with Crippen LogP contribution in [0.5, 0.6) is 0 Å². The highest BCUT2D eigenvalue weighted by molar-refractivity contribution is 7.78. The normalized spacial score (nSPS) is 13.2. The number of nitrogens with zero attached hydrogens (tertiary/aromatic N) is 1. The van der Waals surface area contributed by atoms with Crippen LogP contribution in [0.4, 0.5) is 0 Å². The first-order valence-corrected chi connectivity index (χ1v) is 5.53. The van der Waals surface area contributed by atoms with Gasteiger partial charge in [-0.1, -0.05) is 6.07 Å². The lowest BCUT2D eigenvalue weighted by Crippen LogP contribution is -1.91. The minimum Gasteiger partial charge on any atom is -0.438 e. The zero-order chi connectivity index (χ0) is 10.8. The van der Waals surface area contributed by atoms with Gasteiger partial charge >= 0.3 is 0 Å². The van der Waals surface area contributed by atoms with E-state index < -0.39 is 11.1 Å². The van der Waals surface area contributed by atoms with Gasteiger partial charge < -0.3 is 14.1 Å². The van der Waals surface area contributed by atoms with Crippen LogP contribution in [0.25, 0.3) is 11.1 Å². The summed E-state index contributed by atoms with van der Waals surface area (Å²) in [5.74, 6) is 0.303. The number of fused-ring (bicyclic) bond motifs is 1. The van der Waals surface area contributed by atoms with Crippen molar-refractivity contribution in [2.75, 3.05) is 0 Å². The van der Waals surface area contributed by atoms with E-state index in [0.717, 1.165) is 0 Å².